The van der Waals surface area contributed by atoms with Crippen LogP contribution in [0.25, 0.3) is 0 Å². The molecular formula is C25H41NaO8S. The van der Waals surface area contributed by atoms with E-state index in [1.54, 1.807) is 0 Å². The second-order valence-corrected chi connectivity index (χ2v) is 9.85. The van der Waals surface area contributed by atoms with Crippen LogP contribution in [0.4, 0.5) is 0 Å². The molecule has 0 aliphatic carbocycles. The summed E-state index contributed by atoms with van der Waals surface area (Å²) >= 11 is 0. The molecule has 0 aromatic heterocycles. The summed E-state index contributed by atoms with van der Waals surface area (Å²) < 4.78 is 34.6. The number of aliphatic carboxylic acids is 2. The summed E-state index contributed by atoms with van der Waals surface area (Å²) in [4.78, 5) is 20.0. The van der Waals surface area contributed by atoms with Crippen molar-refractivity contribution in [2.45, 2.75) is 102 Å². The predicted octanol–water partition coefficient (Wildman–Crippen LogP) is 2.78. The molecule has 0 saturated carbocycles. The second kappa shape index (κ2) is 22.1. The minimum Gasteiger partial charge on any atom is -0.493 e. The topological polar surface area (TPSA) is 138 Å². The zero-order chi connectivity index (χ0) is 25.8. The van der Waals surface area contributed by atoms with E-state index in [1.807, 2.05) is 30.3 Å². The van der Waals surface area contributed by atoms with Crippen LogP contribution in [0.15, 0.2) is 30.3 Å². The molecule has 0 bridgehead atoms. The first-order valence-corrected chi connectivity index (χ1v) is 13.5. The van der Waals surface area contributed by atoms with E-state index in [0.29, 0.717) is 0 Å². The van der Waals surface area contributed by atoms with Gasteiger partial charge in [-0.15, -0.1) is 6.42 Å². The first-order valence-electron chi connectivity index (χ1n) is 12.0. The number of para-hydroxylation sites is 1. The monoisotopic (exact) mass is 524 g/mol. The van der Waals surface area contributed by atoms with E-state index in [9.17, 15) is 18.0 Å². The van der Waals surface area contributed by atoms with Crippen molar-refractivity contribution in [3.8, 4) is 5.75 Å². The van der Waals surface area contributed by atoms with Gasteiger partial charge in [-0.25, -0.2) is 0 Å². The first-order chi connectivity index (χ1) is 16.1. The number of ether oxygens (including phenoxy) is 1. The Hall–Kier alpha value is -1.13. The molecule has 2 atom stereocenters. The maximum atomic E-state index is 10.2. The van der Waals surface area contributed by atoms with Crippen molar-refractivity contribution in [1.82, 2.24) is 0 Å². The van der Waals surface area contributed by atoms with Gasteiger partial charge in [-0.2, -0.15) is 8.42 Å². The van der Waals surface area contributed by atoms with Gasteiger partial charge in [-0.05, 0) is 25.0 Å². The van der Waals surface area contributed by atoms with Gasteiger partial charge in [0.15, 0.2) is 5.25 Å². The van der Waals surface area contributed by atoms with Gasteiger partial charge in [0.05, 0.1) is 12.5 Å². The average molecular weight is 525 g/mol. The molecule has 1 aromatic rings. The molecule has 0 aliphatic heterocycles. The van der Waals surface area contributed by atoms with Gasteiger partial charge in [-0.1, -0.05) is 82.9 Å². The van der Waals surface area contributed by atoms with Crippen molar-refractivity contribution in [2.24, 2.45) is 0 Å². The maximum absolute atomic E-state index is 10.2. The summed E-state index contributed by atoms with van der Waals surface area (Å²) in [6.07, 6.45) is 15.0. The van der Waals surface area contributed by atoms with Crippen molar-refractivity contribution in [1.29, 1.82) is 0 Å². The average Bonchev–Trinajstić information content (AvgIpc) is 2.78. The van der Waals surface area contributed by atoms with Gasteiger partial charge in [0, 0.05) is 0 Å². The Morgan fingerprint density at radius 1 is 0.914 bits per heavy atom. The third-order valence-corrected chi connectivity index (χ3v) is 6.33. The Morgan fingerprint density at radius 2 is 1.40 bits per heavy atom. The van der Waals surface area contributed by atoms with Gasteiger partial charge < -0.3 is 21.9 Å². The minimum absolute atomic E-state index is 0. The number of rotatable bonds is 18. The largest absolute Gasteiger partial charge is 1.00 e. The fourth-order valence-corrected chi connectivity index (χ4v) is 3.90. The van der Waals surface area contributed by atoms with E-state index >= 15 is 0 Å². The van der Waals surface area contributed by atoms with Gasteiger partial charge in [0.2, 0.25) is 0 Å². The minimum atomic E-state index is -4.84. The van der Waals surface area contributed by atoms with Gasteiger partial charge in [-0.3, -0.25) is 14.1 Å². The summed E-state index contributed by atoms with van der Waals surface area (Å²) in [5.74, 6) is -2.52. The number of unbranched alkanes of at least 4 members (excludes halogenated alkanes) is 9. The molecule has 1 aromatic carbocycles. The zero-order valence-corrected chi connectivity index (χ0v) is 24.0. The third-order valence-electron chi connectivity index (χ3n) is 5.24. The van der Waals surface area contributed by atoms with Gasteiger partial charge >= 0.3 is 41.5 Å². The number of hydrogen-bond acceptors (Lipinski definition) is 5. The summed E-state index contributed by atoms with van der Waals surface area (Å²) in [5.41, 5.74) is 0. The van der Waals surface area contributed by atoms with E-state index < -0.39 is 33.7 Å². The Bertz CT molecular complexity index is 771. The Labute approximate surface area is 232 Å². The Kier molecular flexibility index (Phi) is 22.7. The molecule has 10 heteroatoms. The molecule has 0 amide bonds. The molecular weight excluding hydrogens is 483 g/mol. The van der Waals surface area contributed by atoms with Crippen molar-refractivity contribution in [3.63, 3.8) is 0 Å². The van der Waals surface area contributed by atoms with Crippen LogP contribution in [0, 0.1) is 6.92 Å². The van der Waals surface area contributed by atoms with E-state index in [-0.39, 0.29) is 35.7 Å². The fourth-order valence-electron chi connectivity index (χ4n) is 3.29. The normalized spacial score (nSPS) is 12.4. The molecule has 0 saturated heterocycles. The zero-order valence-electron chi connectivity index (χ0n) is 21.2. The molecule has 0 spiro atoms. The van der Waals surface area contributed by atoms with Crippen molar-refractivity contribution >= 4 is 22.1 Å². The molecule has 196 valence electrons. The number of benzene rings is 1. The molecule has 3 N–H and O–H groups in total. The molecule has 8 nitrogen and oxygen atoms in total. The van der Waals surface area contributed by atoms with Crippen LogP contribution in [0.2, 0.25) is 0 Å². The summed E-state index contributed by atoms with van der Waals surface area (Å²) in [6, 6.07) is 10.1. The summed E-state index contributed by atoms with van der Waals surface area (Å²) in [5, 5.41) is 13.9. The van der Waals surface area contributed by atoms with Crippen molar-refractivity contribution in [2.75, 3.05) is 0 Å². The number of hydrogen-bond donors (Lipinski definition) is 3. The van der Waals surface area contributed by atoms with E-state index in [1.165, 1.54) is 64.2 Å². The van der Waals surface area contributed by atoms with Crippen LogP contribution >= 0.6 is 0 Å². The standard InChI is InChI=1S/C21H35O.C4H6O7S.Na/c1-3-5-6-7-8-9-10-11-12-14-17-20(4-2)22-21-18-15-13-16-19-21;5-3(6)1-2(4(7)8)12(9,10)11;/h13,15-16,18-20H,2-12,14,17H2,1H3;2H,1H2,(H,5,6)(H,7,8)(H,9,10,11);/q-1;;+1. The number of carboxylic acid groups (broad SMARTS) is 2. The van der Waals surface area contributed by atoms with Crippen LogP contribution in [-0.4, -0.2) is 46.5 Å². The number of carbonyl (C=O) groups is 2. The molecule has 0 radical (unpaired) electrons. The van der Waals surface area contributed by atoms with Crippen molar-refractivity contribution < 1.29 is 67.1 Å². The first kappa shape index (κ1) is 36.0. The molecule has 0 heterocycles. The fraction of sp³-hybridized carbons (Fsp3) is 0.640. The molecule has 35 heavy (non-hydrogen) atoms. The summed E-state index contributed by atoms with van der Waals surface area (Å²) in [7, 11) is -4.84. The van der Waals surface area contributed by atoms with Crippen LogP contribution in [0.5, 0.6) is 5.75 Å². The van der Waals surface area contributed by atoms with Crippen LogP contribution in [-0.2, 0) is 19.7 Å². The smallest absolute Gasteiger partial charge is 0.493 e. The van der Waals surface area contributed by atoms with Gasteiger partial charge in [0.1, 0.15) is 5.75 Å². The van der Waals surface area contributed by atoms with E-state index in [4.69, 9.17) is 19.5 Å². The third kappa shape index (κ3) is 20.7. The molecule has 0 aliphatic rings. The van der Waals surface area contributed by atoms with Crippen LogP contribution < -0.4 is 34.3 Å². The van der Waals surface area contributed by atoms with E-state index in [0.717, 1.165) is 18.6 Å². The van der Waals surface area contributed by atoms with Crippen LogP contribution in [0.1, 0.15) is 90.4 Å². The molecule has 0 fully saturated rings. The molecule has 1 rings (SSSR count). The number of carboxylic acids is 2. The predicted molar refractivity (Wildman–Crippen MR) is 133 cm³/mol. The quantitative estimate of drug-likeness (QED) is 0.115. The van der Waals surface area contributed by atoms with E-state index in [2.05, 4.69) is 13.8 Å². The Morgan fingerprint density at radius 3 is 1.77 bits per heavy atom. The van der Waals surface area contributed by atoms with Crippen molar-refractivity contribution in [3.05, 3.63) is 37.3 Å². The molecule has 2 unspecified atom stereocenters. The summed E-state index contributed by atoms with van der Waals surface area (Å²) in [6.45, 7) is 6.30. The van der Waals surface area contributed by atoms with Crippen LogP contribution in [0.3, 0.4) is 0 Å². The maximum Gasteiger partial charge on any atom is 1.00 e. The second-order valence-electron chi connectivity index (χ2n) is 8.25. The Balaban J connectivity index is 0. The SMILES string of the molecule is O=C(O)CC(C(=O)O)S(=O)(=O)O.[CH2-]CC(CCCCCCCCCCCC)Oc1ccccc1.[Na+]. The van der Waals surface area contributed by atoms with Gasteiger partial charge in [0.25, 0.3) is 10.1 Å².